The Kier molecular flexibility index (Phi) is 3.58. The lowest BCUT2D eigenvalue weighted by atomic mass is 9.92. The van der Waals surface area contributed by atoms with Crippen molar-refractivity contribution in [1.82, 2.24) is 4.98 Å². The molecule has 0 aliphatic heterocycles. The Hall–Kier alpha value is -1.87. The van der Waals surface area contributed by atoms with E-state index in [2.05, 4.69) is 24.0 Å². The van der Waals surface area contributed by atoms with Crippen LogP contribution in [0.2, 0.25) is 0 Å². The summed E-state index contributed by atoms with van der Waals surface area (Å²) in [4.78, 5) is 4.12. The van der Waals surface area contributed by atoms with Gasteiger partial charge in [0, 0.05) is 11.8 Å². The lowest BCUT2D eigenvalue weighted by molar-refractivity contribution is 0.219. The minimum absolute atomic E-state index is 0.387. The summed E-state index contributed by atoms with van der Waals surface area (Å²) in [5, 5.41) is 10.6. The van der Waals surface area contributed by atoms with Crippen molar-refractivity contribution in [1.29, 1.82) is 0 Å². The molecule has 1 heterocycles. The smallest absolute Gasteiger partial charge is 0.129 e. The molecule has 0 aliphatic carbocycles. The Morgan fingerprint density at radius 2 is 1.58 bits per heavy atom. The number of rotatable bonds is 2. The Bertz CT molecular complexity index is 597. The van der Waals surface area contributed by atoms with Crippen LogP contribution in [0.3, 0.4) is 0 Å². The molecule has 2 rings (SSSR count). The van der Waals surface area contributed by atoms with Crippen molar-refractivity contribution in [2.75, 3.05) is 5.73 Å². The number of hydrogen-bond acceptors (Lipinski definition) is 3. The number of aromatic nitrogens is 1. The number of benzene rings is 1. The minimum atomic E-state index is -0.729. The molecule has 0 spiro atoms. The predicted octanol–water partition coefficient (Wildman–Crippen LogP) is 2.98. The maximum Gasteiger partial charge on any atom is 0.129 e. The van der Waals surface area contributed by atoms with E-state index < -0.39 is 6.10 Å². The van der Waals surface area contributed by atoms with Gasteiger partial charge in [-0.1, -0.05) is 17.7 Å². The molecule has 1 aromatic heterocycles. The van der Waals surface area contributed by atoms with Crippen LogP contribution in [-0.2, 0) is 0 Å². The molecule has 0 radical (unpaired) electrons. The molecule has 0 saturated heterocycles. The van der Waals surface area contributed by atoms with Crippen molar-refractivity contribution >= 4 is 5.82 Å². The van der Waals surface area contributed by atoms with Crippen LogP contribution in [0.25, 0.3) is 0 Å². The van der Waals surface area contributed by atoms with E-state index in [0.717, 1.165) is 22.3 Å². The van der Waals surface area contributed by atoms with E-state index in [9.17, 15) is 5.11 Å². The van der Waals surface area contributed by atoms with Crippen LogP contribution in [0.1, 0.15) is 39.5 Å². The monoisotopic (exact) mass is 256 g/mol. The molecule has 100 valence electrons. The number of aliphatic hydroxyl groups excluding tert-OH is 1. The summed E-state index contributed by atoms with van der Waals surface area (Å²) in [5.41, 5.74) is 11.8. The van der Waals surface area contributed by atoms with Gasteiger partial charge in [-0.05, 0) is 56.0 Å². The lowest BCUT2D eigenvalue weighted by Gasteiger charge is -2.19. The highest BCUT2D eigenvalue weighted by Crippen LogP contribution is 2.31. The molecule has 0 saturated carbocycles. The second-order valence-electron chi connectivity index (χ2n) is 5.20. The molecule has 3 heteroatoms. The number of hydrogen-bond donors (Lipinski definition) is 2. The van der Waals surface area contributed by atoms with Gasteiger partial charge in [0.05, 0.1) is 0 Å². The fraction of sp³-hybridized carbons (Fsp3) is 0.312. The van der Waals surface area contributed by atoms with Crippen LogP contribution < -0.4 is 5.73 Å². The highest BCUT2D eigenvalue weighted by atomic mass is 16.3. The average molecular weight is 256 g/mol. The summed E-state index contributed by atoms with van der Waals surface area (Å²) < 4.78 is 0. The fourth-order valence-electron chi connectivity index (χ4n) is 2.60. The second kappa shape index (κ2) is 5.02. The van der Waals surface area contributed by atoms with Crippen LogP contribution >= 0.6 is 0 Å². The Balaban J connectivity index is 2.56. The topological polar surface area (TPSA) is 59.1 Å². The minimum Gasteiger partial charge on any atom is -0.383 e. The molecule has 1 unspecified atom stereocenters. The molecule has 3 nitrogen and oxygen atoms in total. The first-order valence-electron chi connectivity index (χ1n) is 6.38. The molecule has 0 amide bonds. The Morgan fingerprint density at radius 1 is 1.00 bits per heavy atom. The van der Waals surface area contributed by atoms with Crippen molar-refractivity contribution in [3.63, 3.8) is 0 Å². The number of anilines is 1. The molecule has 0 bridgehead atoms. The fourth-order valence-corrected chi connectivity index (χ4v) is 2.60. The van der Waals surface area contributed by atoms with Gasteiger partial charge in [0.25, 0.3) is 0 Å². The maximum atomic E-state index is 10.6. The molecule has 1 aromatic carbocycles. The highest BCUT2D eigenvalue weighted by molar-refractivity contribution is 5.50. The third-order valence-corrected chi connectivity index (χ3v) is 3.39. The number of nitrogens with zero attached hydrogens (tertiary/aromatic N) is 1. The van der Waals surface area contributed by atoms with Crippen molar-refractivity contribution < 1.29 is 5.11 Å². The molecule has 3 N–H and O–H groups in total. The number of nitrogen functional groups attached to an aromatic ring is 1. The maximum absolute atomic E-state index is 10.6. The number of pyridine rings is 1. The third kappa shape index (κ3) is 2.61. The van der Waals surface area contributed by atoms with Gasteiger partial charge in [0.15, 0.2) is 0 Å². The van der Waals surface area contributed by atoms with Gasteiger partial charge in [-0.2, -0.15) is 0 Å². The molecule has 1 atom stereocenters. The van der Waals surface area contributed by atoms with Gasteiger partial charge in [-0.3, -0.25) is 0 Å². The quantitative estimate of drug-likeness (QED) is 0.868. The summed E-state index contributed by atoms with van der Waals surface area (Å²) in [6.07, 6.45) is 0.980. The zero-order valence-corrected chi connectivity index (χ0v) is 11.9. The summed E-state index contributed by atoms with van der Waals surface area (Å²) in [5.74, 6) is 0.387. The molecular weight excluding hydrogens is 236 g/mol. The molecule has 2 aromatic rings. The van der Waals surface area contributed by atoms with Gasteiger partial charge in [0.2, 0.25) is 0 Å². The molecular formula is C16H20N2O. The number of aryl methyl sites for hydroxylation is 4. The summed E-state index contributed by atoms with van der Waals surface area (Å²) in [6.45, 7) is 8.02. The van der Waals surface area contributed by atoms with Gasteiger partial charge in [0.1, 0.15) is 11.9 Å². The number of aliphatic hydroxyl groups is 1. The van der Waals surface area contributed by atoms with Gasteiger partial charge < -0.3 is 10.8 Å². The Labute approximate surface area is 114 Å². The average Bonchev–Trinajstić information content (AvgIpc) is 2.30. The molecule has 0 fully saturated rings. The first kappa shape index (κ1) is 13.6. The summed E-state index contributed by atoms with van der Waals surface area (Å²) >= 11 is 0. The van der Waals surface area contributed by atoms with Crippen LogP contribution in [0.5, 0.6) is 0 Å². The van der Waals surface area contributed by atoms with Crippen LogP contribution in [-0.4, -0.2) is 10.1 Å². The van der Waals surface area contributed by atoms with E-state index in [-0.39, 0.29) is 0 Å². The van der Waals surface area contributed by atoms with Crippen molar-refractivity contribution in [2.24, 2.45) is 0 Å². The summed E-state index contributed by atoms with van der Waals surface area (Å²) in [7, 11) is 0. The van der Waals surface area contributed by atoms with Gasteiger partial charge in [-0.25, -0.2) is 4.98 Å². The second-order valence-corrected chi connectivity index (χ2v) is 5.20. The zero-order valence-electron chi connectivity index (χ0n) is 11.9. The van der Waals surface area contributed by atoms with Crippen LogP contribution in [0.4, 0.5) is 5.82 Å². The third-order valence-electron chi connectivity index (χ3n) is 3.39. The standard InChI is InChI=1S/C16H20N2O/c1-9-5-11(3)14(12(4)6-9)15(19)13-7-10(2)8-18-16(13)17/h5-8,15,19H,1-4H3,(H2,17,18). The highest BCUT2D eigenvalue weighted by Gasteiger charge is 2.18. The van der Waals surface area contributed by atoms with Crippen molar-refractivity contribution in [3.8, 4) is 0 Å². The van der Waals surface area contributed by atoms with Crippen molar-refractivity contribution in [3.05, 3.63) is 57.8 Å². The first-order valence-corrected chi connectivity index (χ1v) is 6.38. The van der Waals surface area contributed by atoms with E-state index >= 15 is 0 Å². The van der Waals surface area contributed by atoms with Crippen LogP contribution in [0, 0.1) is 27.7 Å². The van der Waals surface area contributed by atoms with E-state index in [1.807, 2.05) is 26.8 Å². The van der Waals surface area contributed by atoms with Crippen molar-refractivity contribution in [2.45, 2.75) is 33.8 Å². The SMILES string of the molecule is Cc1cc(C)c(C(O)c2cc(C)cnc2N)c(C)c1. The number of nitrogens with two attached hydrogens (primary N) is 1. The predicted molar refractivity (Wildman–Crippen MR) is 78.1 cm³/mol. The van der Waals surface area contributed by atoms with Gasteiger partial charge >= 0.3 is 0 Å². The largest absolute Gasteiger partial charge is 0.383 e. The van der Waals surface area contributed by atoms with E-state index in [0.29, 0.717) is 11.4 Å². The summed E-state index contributed by atoms with van der Waals surface area (Å²) in [6, 6.07) is 6.04. The normalized spacial score (nSPS) is 12.5. The molecule has 0 aliphatic rings. The zero-order chi connectivity index (χ0) is 14.2. The van der Waals surface area contributed by atoms with E-state index in [1.165, 1.54) is 5.56 Å². The Morgan fingerprint density at radius 3 is 2.16 bits per heavy atom. The van der Waals surface area contributed by atoms with E-state index in [1.54, 1.807) is 6.20 Å². The first-order chi connectivity index (χ1) is 8.90. The lowest BCUT2D eigenvalue weighted by Crippen LogP contribution is -2.09. The molecule has 19 heavy (non-hydrogen) atoms. The van der Waals surface area contributed by atoms with Gasteiger partial charge in [-0.15, -0.1) is 0 Å². The van der Waals surface area contributed by atoms with Crippen LogP contribution in [0.15, 0.2) is 24.4 Å². The van der Waals surface area contributed by atoms with E-state index in [4.69, 9.17) is 5.73 Å².